The molecule has 0 radical (unpaired) electrons. The molecule has 1 heterocycles. The Kier molecular flexibility index (Phi) is 3.88. The van der Waals surface area contributed by atoms with Gasteiger partial charge in [-0.2, -0.15) is 0 Å². The van der Waals surface area contributed by atoms with Crippen molar-refractivity contribution in [2.45, 2.75) is 0 Å². The van der Waals surface area contributed by atoms with Gasteiger partial charge in [-0.15, -0.1) is 0 Å². The maximum atomic E-state index is 12.3. The van der Waals surface area contributed by atoms with Crippen LogP contribution in [0.4, 0.5) is 5.69 Å². The Morgan fingerprint density at radius 2 is 1.73 bits per heavy atom. The summed E-state index contributed by atoms with van der Waals surface area (Å²) in [5, 5.41) is 3.84. The highest BCUT2D eigenvalue weighted by Gasteiger charge is 2.15. The molecule has 0 fully saturated rings. The second kappa shape index (κ2) is 5.83. The topological polar surface area (TPSA) is 59.3 Å². The normalized spacial score (nSPS) is 10.6. The molecular weight excluding hydrogens is 325 g/mol. The van der Waals surface area contributed by atoms with Crippen LogP contribution in [-0.4, -0.2) is 5.91 Å². The van der Waals surface area contributed by atoms with Gasteiger partial charge in [0.1, 0.15) is 5.56 Å². The number of anilines is 1. The molecule has 4 nitrogen and oxygen atoms in total. The first-order valence-corrected chi connectivity index (χ1v) is 7.10. The van der Waals surface area contributed by atoms with E-state index in [1.165, 1.54) is 6.07 Å². The Labute approximate surface area is 135 Å². The van der Waals surface area contributed by atoms with Crippen molar-refractivity contribution in [3.63, 3.8) is 0 Å². The summed E-state index contributed by atoms with van der Waals surface area (Å²) in [5.74, 6) is -0.594. The maximum Gasteiger partial charge on any atom is 0.349 e. The molecule has 1 amide bonds. The standard InChI is InChI=1S/C16H9Cl2NO3/c17-11-5-1-2-7-13(11)19-15(20)10-8-9-4-3-6-12(18)14(9)22-16(10)21/h1-8H,(H,19,20). The van der Waals surface area contributed by atoms with E-state index in [-0.39, 0.29) is 11.1 Å². The Bertz CT molecular complexity index is 934. The van der Waals surface area contributed by atoms with E-state index in [1.807, 2.05) is 0 Å². The van der Waals surface area contributed by atoms with Crippen molar-refractivity contribution < 1.29 is 9.21 Å². The first-order valence-electron chi connectivity index (χ1n) is 6.34. The molecule has 2 aromatic carbocycles. The monoisotopic (exact) mass is 333 g/mol. The van der Waals surface area contributed by atoms with E-state index in [4.69, 9.17) is 27.6 Å². The fourth-order valence-corrected chi connectivity index (χ4v) is 2.42. The van der Waals surface area contributed by atoms with E-state index in [2.05, 4.69) is 5.32 Å². The molecule has 1 N–H and O–H groups in total. The van der Waals surface area contributed by atoms with E-state index < -0.39 is 11.5 Å². The van der Waals surface area contributed by atoms with Crippen LogP contribution in [-0.2, 0) is 0 Å². The van der Waals surface area contributed by atoms with Crippen LogP contribution >= 0.6 is 23.2 Å². The summed E-state index contributed by atoms with van der Waals surface area (Å²) < 4.78 is 5.13. The molecule has 0 aliphatic carbocycles. The van der Waals surface area contributed by atoms with Gasteiger partial charge in [-0.3, -0.25) is 4.79 Å². The van der Waals surface area contributed by atoms with Gasteiger partial charge in [0.25, 0.3) is 5.91 Å². The second-order valence-electron chi connectivity index (χ2n) is 4.54. The highest BCUT2D eigenvalue weighted by Crippen LogP contribution is 2.24. The van der Waals surface area contributed by atoms with Crippen LogP contribution in [0.5, 0.6) is 0 Å². The SMILES string of the molecule is O=C(Nc1ccccc1Cl)c1cc2cccc(Cl)c2oc1=O. The third-order valence-corrected chi connectivity index (χ3v) is 3.71. The molecule has 1 aromatic heterocycles. The molecule has 0 bridgehead atoms. The van der Waals surface area contributed by atoms with Gasteiger partial charge in [-0.05, 0) is 24.3 Å². The van der Waals surface area contributed by atoms with Gasteiger partial charge < -0.3 is 9.73 Å². The van der Waals surface area contributed by atoms with Crippen molar-refractivity contribution >= 4 is 45.8 Å². The van der Waals surface area contributed by atoms with Crippen LogP contribution in [0.25, 0.3) is 11.0 Å². The summed E-state index contributed by atoms with van der Waals surface area (Å²) in [5.41, 5.74) is -0.206. The first-order chi connectivity index (χ1) is 10.6. The molecule has 0 unspecified atom stereocenters. The van der Waals surface area contributed by atoms with Crippen LogP contribution in [0.1, 0.15) is 10.4 Å². The molecule has 0 saturated carbocycles. The van der Waals surface area contributed by atoms with Crippen LogP contribution < -0.4 is 10.9 Å². The lowest BCUT2D eigenvalue weighted by atomic mass is 10.1. The molecule has 0 atom stereocenters. The summed E-state index contributed by atoms with van der Waals surface area (Å²) in [4.78, 5) is 24.2. The zero-order chi connectivity index (χ0) is 15.7. The van der Waals surface area contributed by atoms with E-state index in [0.29, 0.717) is 21.1 Å². The van der Waals surface area contributed by atoms with Gasteiger partial charge in [0, 0.05) is 5.39 Å². The van der Waals surface area contributed by atoms with Gasteiger partial charge in [-0.1, -0.05) is 47.5 Å². The molecule has 22 heavy (non-hydrogen) atoms. The first kappa shape index (κ1) is 14.6. The van der Waals surface area contributed by atoms with Crippen molar-refractivity contribution in [1.82, 2.24) is 0 Å². The molecule has 0 aliphatic heterocycles. The molecule has 6 heteroatoms. The van der Waals surface area contributed by atoms with Crippen LogP contribution in [0.15, 0.2) is 57.7 Å². The molecule has 0 aliphatic rings. The fourth-order valence-electron chi connectivity index (χ4n) is 2.02. The minimum Gasteiger partial charge on any atom is -0.421 e. The number of hydrogen-bond donors (Lipinski definition) is 1. The van der Waals surface area contributed by atoms with E-state index in [9.17, 15) is 9.59 Å². The molecule has 3 aromatic rings. The van der Waals surface area contributed by atoms with Crippen molar-refractivity contribution in [3.05, 3.63) is 74.6 Å². The lowest BCUT2D eigenvalue weighted by Crippen LogP contribution is -2.20. The van der Waals surface area contributed by atoms with Gasteiger partial charge in [0.15, 0.2) is 5.58 Å². The van der Waals surface area contributed by atoms with Crippen molar-refractivity contribution in [2.24, 2.45) is 0 Å². The number of amides is 1. The average Bonchev–Trinajstić information content (AvgIpc) is 2.50. The number of rotatable bonds is 2. The predicted molar refractivity (Wildman–Crippen MR) is 86.9 cm³/mol. The summed E-state index contributed by atoms with van der Waals surface area (Å²) >= 11 is 11.9. The third-order valence-electron chi connectivity index (χ3n) is 3.08. The summed E-state index contributed by atoms with van der Waals surface area (Å²) in [6.45, 7) is 0. The Hall–Kier alpha value is -2.30. The van der Waals surface area contributed by atoms with Crippen LogP contribution in [0.3, 0.4) is 0 Å². The predicted octanol–water partition coefficient (Wildman–Crippen LogP) is 4.35. The maximum absolute atomic E-state index is 12.3. The Balaban J connectivity index is 2.03. The molecule has 110 valence electrons. The van der Waals surface area contributed by atoms with Crippen molar-refractivity contribution in [1.29, 1.82) is 0 Å². The largest absolute Gasteiger partial charge is 0.421 e. The number of nitrogens with one attached hydrogen (secondary N) is 1. The van der Waals surface area contributed by atoms with Gasteiger partial charge >= 0.3 is 5.63 Å². The lowest BCUT2D eigenvalue weighted by molar-refractivity contribution is 0.102. The minimum absolute atomic E-state index is 0.116. The van der Waals surface area contributed by atoms with Crippen LogP contribution in [0, 0.1) is 0 Å². The van der Waals surface area contributed by atoms with E-state index >= 15 is 0 Å². The Morgan fingerprint density at radius 3 is 2.50 bits per heavy atom. The highest BCUT2D eigenvalue weighted by atomic mass is 35.5. The lowest BCUT2D eigenvalue weighted by Gasteiger charge is -2.07. The number of carbonyl (C=O) groups is 1. The fraction of sp³-hybridized carbons (Fsp3) is 0. The van der Waals surface area contributed by atoms with Gasteiger partial charge in [-0.25, -0.2) is 4.79 Å². The quantitative estimate of drug-likeness (QED) is 0.709. The summed E-state index contributed by atoms with van der Waals surface area (Å²) in [7, 11) is 0. The second-order valence-corrected chi connectivity index (χ2v) is 5.35. The van der Waals surface area contributed by atoms with Gasteiger partial charge in [0.2, 0.25) is 0 Å². The number of carbonyl (C=O) groups excluding carboxylic acids is 1. The summed E-state index contributed by atoms with van der Waals surface area (Å²) in [6, 6.07) is 13.2. The molecular formula is C16H9Cl2NO3. The Morgan fingerprint density at radius 1 is 1.00 bits per heavy atom. The number of benzene rings is 2. The molecule has 0 spiro atoms. The molecule has 3 rings (SSSR count). The minimum atomic E-state index is -0.759. The summed E-state index contributed by atoms with van der Waals surface area (Å²) in [6.07, 6.45) is 0. The van der Waals surface area contributed by atoms with Gasteiger partial charge in [0.05, 0.1) is 15.7 Å². The number of hydrogen-bond acceptors (Lipinski definition) is 3. The number of fused-ring (bicyclic) bond motifs is 1. The zero-order valence-electron chi connectivity index (χ0n) is 11.1. The number of halogens is 2. The van der Waals surface area contributed by atoms with E-state index in [0.717, 1.165) is 0 Å². The van der Waals surface area contributed by atoms with E-state index in [1.54, 1.807) is 42.5 Å². The van der Waals surface area contributed by atoms with Crippen LogP contribution in [0.2, 0.25) is 10.0 Å². The number of para-hydroxylation sites is 2. The third kappa shape index (κ3) is 2.71. The van der Waals surface area contributed by atoms with Crippen molar-refractivity contribution in [3.8, 4) is 0 Å². The highest BCUT2D eigenvalue weighted by molar-refractivity contribution is 6.35. The average molecular weight is 334 g/mol. The van der Waals surface area contributed by atoms with Crippen molar-refractivity contribution in [2.75, 3.05) is 5.32 Å². The molecule has 0 saturated heterocycles. The zero-order valence-corrected chi connectivity index (χ0v) is 12.6. The smallest absolute Gasteiger partial charge is 0.349 e.